The molecule has 1 aromatic heterocycles. The van der Waals surface area contributed by atoms with E-state index >= 15 is 0 Å². The maximum atomic E-state index is 13.1. The second kappa shape index (κ2) is 11.8. The second-order valence-electron chi connectivity index (χ2n) is 9.36. The molecule has 5 aromatic rings. The van der Waals surface area contributed by atoms with Gasteiger partial charge in [-0.05, 0) is 23.3 Å². The molecule has 0 radical (unpaired) electrons. The fourth-order valence-electron chi connectivity index (χ4n) is 4.77. The first-order chi connectivity index (χ1) is 19.4. The standard InChI is InChI=1S/C33H28O7/c1-38-30(37)18-25(22-12-14-24(15-13-22)39-17-16-21-8-4-2-5-9-21)31-26(34)19-27(35)32-28(36)20-29(40-33(31)32)23-10-6-3-7-11-23/h2-15,19-20,25,34-35H,16-18H2,1H3. The van der Waals surface area contributed by atoms with Crippen LogP contribution in [0, 0.1) is 0 Å². The number of rotatable bonds is 9. The third-order valence-corrected chi connectivity index (χ3v) is 6.79. The van der Waals surface area contributed by atoms with Gasteiger partial charge in [0, 0.05) is 35.6 Å². The number of carbonyl (C=O) groups is 1. The van der Waals surface area contributed by atoms with Crippen molar-refractivity contribution in [1.29, 1.82) is 0 Å². The lowest BCUT2D eigenvalue weighted by Gasteiger charge is -2.20. The van der Waals surface area contributed by atoms with Crippen LogP contribution >= 0.6 is 0 Å². The molecular weight excluding hydrogens is 508 g/mol. The summed E-state index contributed by atoms with van der Waals surface area (Å²) in [6.45, 7) is 0.492. The third kappa shape index (κ3) is 5.68. The van der Waals surface area contributed by atoms with Gasteiger partial charge in [-0.1, -0.05) is 72.8 Å². The van der Waals surface area contributed by atoms with Gasteiger partial charge in [0.05, 0.1) is 20.1 Å². The molecule has 0 aliphatic heterocycles. The summed E-state index contributed by atoms with van der Waals surface area (Å²) in [5.74, 6) is -1.07. The average Bonchev–Trinajstić information content (AvgIpc) is 2.97. The number of phenolic OH excluding ortho intramolecular Hbond substituents is 2. The summed E-state index contributed by atoms with van der Waals surface area (Å²) in [7, 11) is 1.28. The van der Waals surface area contributed by atoms with Crippen molar-refractivity contribution in [1.82, 2.24) is 0 Å². The van der Waals surface area contributed by atoms with E-state index in [4.69, 9.17) is 13.9 Å². The molecule has 0 amide bonds. The molecule has 0 aliphatic carbocycles. The molecule has 1 atom stereocenters. The van der Waals surface area contributed by atoms with Crippen molar-refractivity contribution >= 4 is 16.9 Å². The van der Waals surface area contributed by atoms with Crippen molar-refractivity contribution in [3.63, 3.8) is 0 Å². The Morgan fingerprint density at radius 3 is 2.23 bits per heavy atom. The van der Waals surface area contributed by atoms with Crippen molar-refractivity contribution < 1.29 is 28.9 Å². The van der Waals surface area contributed by atoms with Crippen molar-refractivity contribution in [2.75, 3.05) is 13.7 Å². The van der Waals surface area contributed by atoms with E-state index < -0.39 is 23.1 Å². The highest BCUT2D eigenvalue weighted by atomic mass is 16.5. The number of aromatic hydroxyl groups is 2. The normalized spacial score (nSPS) is 11.7. The van der Waals surface area contributed by atoms with E-state index in [1.807, 2.05) is 48.5 Å². The van der Waals surface area contributed by atoms with Gasteiger partial charge in [0.15, 0.2) is 5.43 Å². The van der Waals surface area contributed by atoms with Gasteiger partial charge >= 0.3 is 5.97 Å². The van der Waals surface area contributed by atoms with E-state index in [1.165, 1.54) is 18.7 Å². The molecule has 40 heavy (non-hydrogen) atoms. The van der Waals surface area contributed by atoms with Crippen molar-refractivity contribution in [3.05, 3.63) is 124 Å². The number of phenols is 2. The summed E-state index contributed by atoms with van der Waals surface area (Å²) in [5, 5.41) is 21.5. The van der Waals surface area contributed by atoms with E-state index in [-0.39, 0.29) is 34.5 Å². The van der Waals surface area contributed by atoms with Crippen molar-refractivity contribution in [3.8, 4) is 28.6 Å². The number of methoxy groups -OCH3 is 1. The SMILES string of the molecule is COC(=O)CC(c1ccc(OCCc2ccccc2)cc1)c1c(O)cc(O)c2c(=O)cc(-c3ccccc3)oc12. The largest absolute Gasteiger partial charge is 0.507 e. The molecule has 0 spiro atoms. The van der Waals surface area contributed by atoms with E-state index in [0.717, 1.165) is 12.5 Å². The summed E-state index contributed by atoms with van der Waals surface area (Å²) in [5.41, 5.74) is 2.21. The Kier molecular flexibility index (Phi) is 7.82. The van der Waals surface area contributed by atoms with Gasteiger partial charge in [-0.15, -0.1) is 0 Å². The Morgan fingerprint density at radius 1 is 0.875 bits per heavy atom. The lowest BCUT2D eigenvalue weighted by atomic mass is 9.86. The Morgan fingerprint density at radius 2 is 1.55 bits per heavy atom. The molecule has 0 aliphatic rings. The lowest BCUT2D eigenvalue weighted by Crippen LogP contribution is -2.12. The zero-order chi connectivity index (χ0) is 28.1. The number of fused-ring (bicyclic) bond motifs is 1. The number of benzene rings is 4. The molecule has 0 saturated heterocycles. The quantitative estimate of drug-likeness (QED) is 0.216. The Labute approximate surface area is 230 Å². The van der Waals surface area contributed by atoms with E-state index in [0.29, 0.717) is 23.5 Å². The third-order valence-electron chi connectivity index (χ3n) is 6.79. The average molecular weight is 537 g/mol. The van der Waals surface area contributed by atoms with Crippen LogP contribution in [0.2, 0.25) is 0 Å². The first-order valence-electron chi connectivity index (χ1n) is 12.9. The van der Waals surface area contributed by atoms with Crippen LogP contribution in [-0.2, 0) is 16.0 Å². The molecule has 0 fully saturated rings. The van der Waals surface area contributed by atoms with Gasteiger partial charge in [0.25, 0.3) is 0 Å². The van der Waals surface area contributed by atoms with Gasteiger partial charge in [-0.25, -0.2) is 0 Å². The summed E-state index contributed by atoms with van der Waals surface area (Å²) < 4.78 is 17.0. The number of hydrogen-bond acceptors (Lipinski definition) is 7. The zero-order valence-electron chi connectivity index (χ0n) is 21.9. The highest BCUT2D eigenvalue weighted by molar-refractivity contribution is 5.90. The van der Waals surface area contributed by atoms with Gasteiger partial charge in [-0.3, -0.25) is 9.59 Å². The molecule has 202 valence electrons. The predicted octanol–water partition coefficient (Wildman–Crippen LogP) is 6.19. The maximum Gasteiger partial charge on any atom is 0.306 e. The van der Waals surface area contributed by atoms with Crippen LogP contribution in [0.3, 0.4) is 0 Å². The van der Waals surface area contributed by atoms with Crippen LogP contribution in [0.5, 0.6) is 17.2 Å². The van der Waals surface area contributed by atoms with Crippen LogP contribution < -0.4 is 10.2 Å². The highest BCUT2D eigenvalue weighted by Gasteiger charge is 2.28. The second-order valence-corrected chi connectivity index (χ2v) is 9.36. The topological polar surface area (TPSA) is 106 Å². The first-order valence-corrected chi connectivity index (χ1v) is 12.9. The molecule has 7 heteroatoms. The molecular formula is C33H28O7. The number of esters is 1. The molecule has 5 rings (SSSR count). The van der Waals surface area contributed by atoms with Crippen LogP contribution in [0.25, 0.3) is 22.3 Å². The van der Waals surface area contributed by atoms with Crippen LogP contribution in [0.1, 0.15) is 29.0 Å². The summed E-state index contributed by atoms with van der Waals surface area (Å²) in [6.07, 6.45) is 0.612. The minimum Gasteiger partial charge on any atom is -0.507 e. The van der Waals surface area contributed by atoms with Gasteiger partial charge in [-0.2, -0.15) is 0 Å². The summed E-state index contributed by atoms with van der Waals surface area (Å²) >= 11 is 0. The summed E-state index contributed by atoms with van der Waals surface area (Å²) in [4.78, 5) is 25.6. The predicted molar refractivity (Wildman–Crippen MR) is 152 cm³/mol. The van der Waals surface area contributed by atoms with Crippen LogP contribution in [0.4, 0.5) is 0 Å². The maximum absolute atomic E-state index is 13.1. The van der Waals surface area contributed by atoms with Crippen LogP contribution in [-0.4, -0.2) is 29.9 Å². The summed E-state index contributed by atoms with van der Waals surface area (Å²) in [6, 6.07) is 28.6. The van der Waals surface area contributed by atoms with E-state index in [2.05, 4.69) is 0 Å². The minimum atomic E-state index is -0.747. The molecule has 1 heterocycles. The molecule has 0 bridgehead atoms. The number of carbonyl (C=O) groups excluding carboxylic acids is 1. The number of ether oxygens (including phenoxy) is 2. The highest BCUT2D eigenvalue weighted by Crippen LogP contribution is 2.43. The lowest BCUT2D eigenvalue weighted by molar-refractivity contribution is -0.140. The van der Waals surface area contributed by atoms with Crippen LogP contribution in [0.15, 0.2) is 106 Å². The fourth-order valence-corrected chi connectivity index (χ4v) is 4.77. The van der Waals surface area contributed by atoms with Gasteiger partial charge in [0.1, 0.15) is 34.0 Å². The molecule has 4 aromatic carbocycles. The molecule has 7 nitrogen and oxygen atoms in total. The monoisotopic (exact) mass is 536 g/mol. The Bertz CT molecular complexity index is 1670. The van der Waals surface area contributed by atoms with E-state index in [9.17, 15) is 19.8 Å². The van der Waals surface area contributed by atoms with Gasteiger partial charge < -0.3 is 24.1 Å². The fraction of sp³-hybridized carbons (Fsp3) is 0.152. The van der Waals surface area contributed by atoms with Gasteiger partial charge in [0.2, 0.25) is 0 Å². The van der Waals surface area contributed by atoms with E-state index in [1.54, 1.807) is 36.4 Å². The first kappa shape index (κ1) is 26.6. The minimum absolute atomic E-state index is 0.000874. The Balaban J connectivity index is 1.55. The van der Waals surface area contributed by atoms with Crippen molar-refractivity contribution in [2.45, 2.75) is 18.8 Å². The zero-order valence-corrected chi connectivity index (χ0v) is 21.9. The Hall–Kier alpha value is -5.04. The molecule has 0 saturated carbocycles. The molecule has 1 unspecified atom stereocenters. The number of hydrogen-bond donors (Lipinski definition) is 2. The van der Waals surface area contributed by atoms with Crippen molar-refractivity contribution in [2.24, 2.45) is 0 Å². The smallest absolute Gasteiger partial charge is 0.306 e. The molecule has 2 N–H and O–H groups in total.